The quantitative estimate of drug-likeness (QED) is 0.877. The molecule has 0 radical (unpaired) electrons. The van der Waals surface area contributed by atoms with Gasteiger partial charge in [-0.05, 0) is 12.8 Å². The lowest BCUT2D eigenvalue weighted by atomic mass is 10.1. The second kappa shape index (κ2) is 9.27. The molecule has 22 heavy (non-hydrogen) atoms. The Kier molecular flexibility index (Phi) is 8.06. The Labute approximate surface area is 142 Å². The van der Waals surface area contributed by atoms with Crippen LogP contribution in [0.15, 0.2) is 0 Å². The molecule has 1 saturated heterocycles. The molecular weight excluding hydrogens is 322 g/mol. The van der Waals surface area contributed by atoms with E-state index >= 15 is 0 Å². The monoisotopic (exact) mass is 347 g/mol. The van der Waals surface area contributed by atoms with Crippen molar-refractivity contribution in [3.05, 3.63) is 5.82 Å². The summed E-state index contributed by atoms with van der Waals surface area (Å²) in [4.78, 5) is 21.0. The number of carbonyl (C=O) groups excluding carboxylic acids is 1. The van der Waals surface area contributed by atoms with Crippen LogP contribution in [0.3, 0.4) is 0 Å². The Morgan fingerprint density at radius 3 is 2.73 bits per heavy atom. The number of carbonyl (C=O) groups is 1. The van der Waals surface area contributed by atoms with Gasteiger partial charge in [-0.1, -0.05) is 20.3 Å². The van der Waals surface area contributed by atoms with Crippen LogP contribution in [0.1, 0.15) is 38.9 Å². The van der Waals surface area contributed by atoms with E-state index in [9.17, 15) is 4.79 Å². The Morgan fingerprint density at radius 2 is 2.09 bits per heavy atom. The molecule has 8 heteroatoms. The number of anilines is 1. The van der Waals surface area contributed by atoms with E-state index in [4.69, 9.17) is 5.73 Å². The second-order valence-corrected chi connectivity index (χ2v) is 6.14. The molecule has 1 amide bonds. The number of halogens is 1. The number of aryl methyl sites for hydroxylation is 1. The lowest BCUT2D eigenvalue weighted by Crippen LogP contribution is -2.45. The minimum absolute atomic E-state index is 0. The zero-order chi connectivity index (χ0) is 15.2. The van der Waals surface area contributed by atoms with Gasteiger partial charge < -0.3 is 15.5 Å². The molecule has 2 N–H and O–H groups in total. The summed E-state index contributed by atoms with van der Waals surface area (Å²) in [5.41, 5.74) is 5.95. The fourth-order valence-electron chi connectivity index (χ4n) is 2.51. The van der Waals surface area contributed by atoms with Gasteiger partial charge in [0.05, 0.1) is 6.04 Å². The molecule has 1 aromatic rings. The zero-order valence-electron chi connectivity index (χ0n) is 13.3. The van der Waals surface area contributed by atoms with Crippen LogP contribution in [0.2, 0.25) is 0 Å². The van der Waals surface area contributed by atoms with Crippen molar-refractivity contribution in [3.8, 4) is 0 Å². The SMILES string of the molecule is CCCC(N)C(=O)N1CCCN(c2nc(CC)ns2)CC1.Cl. The van der Waals surface area contributed by atoms with E-state index in [2.05, 4.69) is 28.1 Å². The number of amides is 1. The third-order valence-electron chi connectivity index (χ3n) is 3.77. The molecule has 0 spiro atoms. The average molecular weight is 348 g/mol. The minimum atomic E-state index is -0.352. The van der Waals surface area contributed by atoms with Crippen molar-refractivity contribution in [2.75, 3.05) is 31.1 Å². The predicted octanol–water partition coefficient (Wildman–Crippen LogP) is 1.69. The first kappa shape index (κ1) is 19.1. The molecule has 6 nitrogen and oxygen atoms in total. The maximum Gasteiger partial charge on any atom is 0.239 e. The molecule has 2 rings (SSSR count). The van der Waals surface area contributed by atoms with Gasteiger partial charge in [0.15, 0.2) is 0 Å². The maximum absolute atomic E-state index is 12.3. The van der Waals surface area contributed by atoms with Crippen molar-refractivity contribution in [2.24, 2.45) is 5.73 Å². The van der Waals surface area contributed by atoms with Gasteiger partial charge in [-0.3, -0.25) is 4.79 Å². The number of hydrogen-bond acceptors (Lipinski definition) is 6. The summed E-state index contributed by atoms with van der Waals surface area (Å²) in [7, 11) is 0. The molecule has 0 aliphatic carbocycles. The van der Waals surface area contributed by atoms with Gasteiger partial charge in [-0.25, -0.2) is 4.98 Å². The normalized spacial score (nSPS) is 16.9. The van der Waals surface area contributed by atoms with Gasteiger partial charge in [0.25, 0.3) is 0 Å². The van der Waals surface area contributed by atoms with E-state index < -0.39 is 0 Å². The highest BCUT2D eigenvalue weighted by atomic mass is 35.5. The zero-order valence-corrected chi connectivity index (χ0v) is 15.0. The molecule has 1 aliphatic rings. The smallest absolute Gasteiger partial charge is 0.239 e. The third-order valence-corrected chi connectivity index (χ3v) is 4.58. The van der Waals surface area contributed by atoms with E-state index in [-0.39, 0.29) is 24.4 Å². The summed E-state index contributed by atoms with van der Waals surface area (Å²) in [6.45, 7) is 7.35. The van der Waals surface area contributed by atoms with Crippen molar-refractivity contribution in [1.29, 1.82) is 0 Å². The molecule has 0 bridgehead atoms. The number of hydrogen-bond donors (Lipinski definition) is 1. The van der Waals surface area contributed by atoms with Crippen molar-refractivity contribution in [2.45, 2.75) is 45.6 Å². The highest BCUT2D eigenvalue weighted by Crippen LogP contribution is 2.19. The first-order valence-electron chi connectivity index (χ1n) is 7.77. The van der Waals surface area contributed by atoms with Gasteiger partial charge in [0, 0.05) is 44.1 Å². The van der Waals surface area contributed by atoms with Crippen LogP contribution in [-0.2, 0) is 11.2 Å². The first-order chi connectivity index (χ1) is 10.2. The predicted molar refractivity (Wildman–Crippen MR) is 92.8 cm³/mol. The summed E-state index contributed by atoms with van der Waals surface area (Å²) in [6, 6.07) is -0.352. The molecule has 0 aromatic carbocycles. The molecule has 1 unspecified atom stereocenters. The summed E-state index contributed by atoms with van der Waals surface area (Å²) >= 11 is 1.45. The molecule has 1 atom stereocenters. The van der Waals surface area contributed by atoms with Crippen LogP contribution in [-0.4, -0.2) is 52.4 Å². The minimum Gasteiger partial charge on any atom is -0.345 e. The Balaban J connectivity index is 0.00000242. The van der Waals surface area contributed by atoms with Crippen LogP contribution in [0.5, 0.6) is 0 Å². The number of rotatable bonds is 5. The first-order valence-corrected chi connectivity index (χ1v) is 8.55. The third kappa shape index (κ3) is 4.79. The summed E-state index contributed by atoms with van der Waals surface area (Å²) < 4.78 is 4.34. The lowest BCUT2D eigenvalue weighted by Gasteiger charge is -2.24. The average Bonchev–Trinajstić information content (AvgIpc) is 2.84. The van der Waals surface area contributed by atoms with Crippen LogP contribution < -0.4 is 10.6 Å². The van der Waals surface area contributed by atoms with E-state index in [0.717, 1.165) is 62.8 Å². The van der Waals surface area contributed by atoms with E-state index in [1.807, 2.05) is 4.90 Å². The summed E-state index contributed by atoms with van der Waals surface area (Å²) in [5.74, 6) is 0.988. The second-order valence-electron chi connectivity index (χ2n) is 5.41. The van der Waals surface area contributed by atoms with Gasteiger partial charge in [-0.15, -0.1) is 12.4 Å². The number of nitrogens with zero attached hydrogens (tertiary/aromatic N) is 4. The van der Waals surface area contributed by atoms with Gasteiger partial charge in [0.2, 0.25) is 11.0 Å². The lowest BCUT2D eigenvalue weighted by molar-refractivity contribution is -0.132. The number of aromatic nitrogens is 2. The standard InChI is InChI=1S/C14H25N5OS.ClH/c1-3-6-11(15)13(20)18-7-5-8-19(10-9-18)14-16-12(4-2)17-21-14;/h11H,3-10,15H2,1-2H3;1H. The highest BCUT2D eigenvalue weighted by molar-refractivity contribution is 7.09. The molecule has 1 fully saturated rings. The Morgan fingerprint density at radius 1 is 1.32 bits per heavy atom. The fourth-order valence-corrected chi connectivity index (χ4v) is 3.32. The molecule has 1 aliphatic heterocycles. The molecule has 126 valence electrons. The Hall–Kier alpha value is -0.920. The largest absolute Gasteiger partial charge is 0.345 e. The fraction of sp³-hybridized carbons (Fsp3) is 0.786. The van der Waals surface area contributed by atoms with Crippen LogP contribution in [0, 0.1) is 0 Å². The van der Waals surface area contributed by atoms with Crippen molar-refractivity contribution >= 4 is 35.0 Å². The van der Waals surface area contributed by atoms with Crippen LogP contribution in [0.4, 0.5) is 5.13 Å². The van der Waals surface area contributed by atoms with E-state index in [1.165, 1.54) is 11.5 Å². The summed E-state index contributed by atoms with van der Waals surface area (Å²) in [5, 5.41) is 0.971. The molecular formula is C14H26ClN5OS. The number of nitrogens with two attached hydrogens (primary N) is 1. The van der Waals surface area contributed by atoms with E-state index in [1.54, 1.807) is 0 Å². The van der Waals surface area contributed by atoms with Gasteiger partial charge >= 0.3 is 0 Å². The molecule has 0 saturated carbocycles. The van der Waals surface area contributed by atoms with E-state index in [0.29, 0.717) is 0 Å². The molecule has 1 aromatic heterocycles. The van der Waals surface area contributed by atoms with Gasteiger partial charge in [0.1, 0.15) is 5.82 Å². The molecule has 2 heterocycles. The topological polar surface area (TPSA) is 75.4 Å². The highest BCUT2D eigenvalue weighted by Gasteiger charge is 2.24. The summed E-state index contributed by atoms with van der Waals surface area (Å²) in [6.07, 6.45) is 3.51. The van der Waals surface area contributed by atoms with Gasteiger partial charge in [-0.2, -0.15) is 4.37 Å². The maximum atomic E-state index is 12.3. The van der Waals surface area contributed by atoms with Crippen molar-refractivity contribution < 1.29 is 4.79 Å². The Bertz CT molecular complexity index is 470. The van der Waals surface area contributed by atoms with Crippen molar-refractivity contribution in [3.63, 3.8) is 0 Å². The van der Waals surface area contributed by atoms with Crippen LogP contribution >= 0.6 is 23.9 Å². The van der Waals surface area contributed by atoms with Crippen LogP contribution in [0.25, 0.3) is 0 Å². The van der Waals surface area contributed by atoms with Crippen molar-refractivity contribution in [1.82, 2.24) is 14.3 Å².